The second-order valence-corrected chi connectivity index (χ2v) is 4.57. The van der Waals surface area contributed by atoms with Crippen LogP contribution in [0.5, 0.6) is 0 Å². The van der Waals surface area contributed by atoms with Crippen molar-refractivity contribution in [1.29, 1.82) is 0 Å². The number of hydrogen-bond donors (Lipinski definition) is 1. The summed E-state index contributed by atoms with van der Waals surface area (Å²) >= 11 is 0. The highest BCUT2D eigenvalue weighted by Crippen LogP contribution is 2.10. The molecule has 1 rings (SSSR count). The summed E-state index contributed by atoms with van der Waals surface area (Å²) < 4.78 is 5.33. The molecule has 1 unspecified atom stereocenters. The molecule has 1 N–H and O–H groups in total. The first-order valence-corrected chi connectivity index (χ1v) is 6.90. The summed E-state index contributed by atoms with van der Waals surface area (Å²) in [6.45, 7) is 10.9. The number of ether oxygens (including phenoxy) is 1. The molecular weight excluding hydrogens is 200 g/mol. The van der Waals surface area contributed by atoms with Gasteiger partial charge < -0.3 is 15.0 Å². The Morgan fingerprint density at radius 2 is 2.12 bits per heavy atom. The Kier molecular flexibility index (Phi) is 7.81. The molecular formula is C13H28N2O. The van der Waals surface area contributed by atoms with Gasteiger partial charge in [0.25, 0.3) is 0 Å². The molecule has 1 aliphatic rings. The molecule has 1 heterocycles. The van der Waals surface area contributed by atoms with E-state index in [1.165, 1.54) is 38.9 Å². The highest BCUT2D eigenvalue weighted by Gasteiger charge is 2.14. The lowest BCUT2D eigenvalue weighted by molar-refractivity contribution is 0.144. The predicted molar refractivity (Wildman–Crippen MR) is 68.9 cm³/mol. The fourth-order valence-electron chi connectivity index (χ4n) is 2.30. The van der Waals surface area contributed by atoms with Crippen LogP contribution >= 0.6 is 0 Å². The van der Waals surface area contributed by atoms with Crippen molar-refractivity contribution >= 4 is 0 Å². The monoisotopic (exact) mass is 228 g/mol. The van der Waals surface area contributed by atoms with Crippen LogP contribution in [-0.2, 0) is 4.74 Å². The molecule has 0 aliphatic carbocycles. The van der Waals surface area contributed by atoms with Crippen LogP contribution < -0.4 is 5.32 Å². The normalized spacial score (nSPS) is 23.2. The molecule has 1 aliphatic heterocycles. The Morgan fingerprint density at radius 1 is 1.25 bits per heavy atom. The van der Waals surface area contributed by atoms with Gasteiger partial charge in [0.15, 0.2) is 0 Å². The van der Waals surface area contributed by atoms with Gasteiger partial charge in [0.1, 0.15) is 0 Å². The van der Waals surface area contributed by atoms with Crippen molar-refractivity contribution in [3.05, 3.63) is 0 Å². The molecule has 0 amide bonds. The van der Waals surface area contributed by atoms with Crippen LogP contribution in [0.3, 0.4) is 0 Å². The fourth-order valence-corrected chi connectivity index (χ4v) is 2.30. The van der Waals surface area contributed by atoms with Gasteiger partial charge in [0.2, 0.25) is 0 Å². The predicted octanol–water partition coefficient (Wildman–Crippen LogP) is 1.88. The zero-order chi connectivity index (χ0) is 11.6. The average Bonchev–Trinajstić information content (AvgIpc) is 2.54. The van der Waals surface area contributed by atoms with Crippen LogP contribution in [0.15, 0.2) is 0 Å². The SMILES string of the molecule is CCOCCCNC1CCCN(CC)CC1. The Balaban J connectivity index is 2.03. The smallest absolute Gasteiger partial charge is 0.0477 e. The third-order valence-corrected chi connectivity index (χ3v) is 3.37. The Morgan fingerprint density at radius 3 is 2.88 bits per heavy atom. The van der Waals surface area contributed by atoms with Crippen molar-refractivity contribution in [3.63, 3.8) is 0 Å². The minimum absolute atomic E-state index is 0.734. The lowest BCUT2D eigenvalue weighted by Gasteiger charge is -2.18. The van der Waals surface area contributed by atoms with Crippen molar-refractivity contribution in [1.82, 2.24) is 10.2 Å². The van der Waals surface area contributed by atoms with Crippen molar-refractivity contribution in [2.45, 2.75) is 45.6 Å². The third-order valence-electron chi connectivity index (χ3n) is 3.37. The summed E-state index contributed by atoms with van der Waals surface area (Å²) in [7, 11) is 0. The second-order valence-electron chi connectivity index (χ2n) is 4.57. The van der Waals surface area contributed by atoms with Crippen LogP contribution in [0.1, 0.15) is 39.5 Å². The molecule has 16 heavy (non-hydrogen) atoms. The molecule has 0 aromatic carbocycles. The molecule has 3 nitrogen and oxygen atoms in total. The van der Waals surface area contributed by atoms with Gasteiger partial charge in [-0.15, -0.1) is 0 Å². The fraction of sp³-hybridized carbons (Fsp3) is 1.00. The summed E-state index contributed by atoms with van der Waals surface area (Å²) in [5.41, 5.74) is 0. The number of likely N-dealkylation sites (tertiary alicyclic amines) is 1. The van der Waals surface area contributed by atoms with Crippen LogP contribution in [-0.4, -0.2) is 50.3 Å². The maximum atomic E-state index is 5.33. The van der Waals surface area contributed by atoms with Crippen molar-refractivity contribution < 1.29 is 4.74 Å². The Labute approximate surface area is 101 Å². The summed E-state index contributed by atoms with van der Waals surface area (Å²) in [5, 5.41) is 3.66. The zero-order valence-corrected chi connectivity index (χ0v) is 11.0. The molecule has 1 saturated heterocycles. The Hall–Kier alpha value is -0.120. The van der Waals surface area contributed by atoms with E-state index in [0.717, 1.165) is 32.2 Å². The highest BCUT2D eigenvalue weighted by atomic mass is 16.5. The third kappa shape index (κ3) is 5.83. The van der Waals surface area contributed by atoms with Crippen LogP contribution in [0.25, 0.3) is 0 Å². The first-order valence-electron chi connectivity index (χ1n) is 6.90. The van der Waals surface area contributed by atoms with Gasteiger partial charge in [0, 0.05) is 19.3 Å². The van der Waals surface area contributed by atoms with E-state index in [0.29, 0.717) is 0 Å². The van der Waals surface area contributed by atoms with Crippen molar-refractivity contribution in [2.24, 2.45) is 0 Å². The second kappa shape index (κ2) is 8.97. The van der Waals surface area contributed by atoms with Crippen LogP contribution in [0.2, 0.25) is 0 Å². The molecule has 0 bridgehead atoms. The molecule has 0 saturated carbocycles. The molecule has 0 aromatic rings. The van der Waals surface area contributed by atoms with E-state index in [9.17, 15) is 0 Å². The summed E-state index contributed by atoms with van der Waals surface area (Å²) in [6.07, 6.45) is 5.13. The maximum Gasteiger partial charge on any atom is 0.0477 e. The number of hydrogen-bond acceptors (Lipinski definition) is 3. The number of nitrogens with one attached hydrogen (secondary N) is 1. The molecule has 1 fully saturated rings. The van der Waals surface area contributed by atoms with E-state index in [1.807, 2.05) is 0 Å². The van der Waals surface area contributed by atoms with Gasteiger partial charge in [-0.2, -0.15) is 0 Å². The molecule has 0 spiro atoms. The molecule has 0 radical (unpaired) electrons. The van der Waals surface area contributed by atoms with E-state index in [4.69, 9.17) is 4.74 Å². The summed E-state index contributed by atoms with van der Waals surface area (Å²) in [6, 6.07) is 0.734. The molecule has 3 heteroatoms. The van der Waals surface area contributed by atoms with Gasteiger partial charge in [-0.05, 0) is 58.8 Å². The summed E-state index contributed by atoms with van der Waals surface area (Å²) in [4.78, 5) is 2.56. The maximum absolute atomic E-state index is 5.33. The number of rotatable bonds is 7. The van der Waals surface area contributed by atoms with Gasteiger partial charge in [-0.3, -0.25) is 0 Å². The highest BCUT2D eigenvalue weighted by molar-refractivity contribution is 4.74. The minimum Gasteiger partial charge on any atom is -0.382 e. The van der Waals surface area contributed by atoms with Gasteiger partial charge in [0.05, 0.1) is 0 Å². The standard InChI is InChI=1S/C13H28N2O/c1-3-15-10-5-7-13(8-11-15)14-9-6-12-16-4-2/h13-14H,3-12H2,1-2H3. The quantitative estimate of drug-likeness (QED) is 0.673. The van der Waals surface area contributed by atoms with Crippen molar-refractivity contribution in [3.8, 4) is 0 Å². The molecule has 1 atom stereocenters. The molecule has 0 aromatic heterocycles. The zero-order valence-electron chi connectivity index (χ0n) is 11.0. The minimum atomic E-state index is 0.734. The van der Waals surface area contributed by atoms with E-state index >= 15 is 0 Å². The first kappa shape index (κ1) is 13.9. The lowest BCUT2D eigenvalue weighted by Crippen LogP contribution is -2.32. The average molecular weight is 228 g/mol. The first-order chi connectivity index (χ1) is 7.86. The van der Waals surface area contributed by atoms with Gasteiger partial charge >= 0.3 is 0 Å². The summed E-state index contributed by atoms with van der Waals surface area (Å²) in [5.74, 6) is 0. The van der Waals surface area contributed by atoms with Crippen molar-refractivity contribution in [2.75, 3.05) is 39.4 Å². The Bertz CT molecular complexity index is 164. The van der Waals surface area contributed by atoms with E-state index in [1.54, 1.807) is 0 Å². The topological polar surface area (TPSA) is 24.5 Å². The van der Waals surface area contributed by atoms with Gasteiger partial charge in [-0.1, -0.05) is 6.92 Å². The lowest BCUT2D eigenvalue weighted by atomic mass is 10.1. The number of nitrogens with zero attached hydrogens (tertiary/aromatic N) is 1. The van der Waals surface area contributed by atoms with Gasteiger partial charge in [-0.25, -0.2) is 0 Å². The molecule has 96 valence electrons. The van der Waals surface area contributed by atoms with Crippen LogP contribution in [0.4, 0.5) is 0 Å². The largest absolute Gasteiger partial charge is 0.382 e. The van der Waals surface area contributed by atoms with E-state index in [-0.39, 0.29) is 0 Å². The van der Waals surface area contributed by atoms with E-state index in [2.05, 4.69) is 24.1 Å². The van der Waals surface area contributed by atoms with E-state index < -0.39 is 0 Å². The van der Waals surface area contributed by atoms with Crippen LogP contribution in [0, 0.1) is 0 Å².